The lowest BCUT2D eigenvalue weighted by Gasteiger charge is -2.28. The van der Waals surface area contributed by atoms with Gasteiger partial charge in [-0.1, -0.05) is 158 Å². The number of rotatable bonds is 8. The van der Waals surface area contributed by atoms with Crippen LogP contribution in [0.1, 0.15) is 11.1 Å². The lowest BCUT2D eigenvalue weighted by Crippen LogP contribution is -2.11. The fraction of sp³-hybridized carbons (Fsp3) is 0.0345. The number of anilines is 6. The molecule has 11 aromatic rings. The van der Waals surface area contributed by atoms with E-state index < -0.39 is 0 Å². The summed E-state index contributed by atoms with van der Waals surface area (Å²) in [6.07, 6.45) is 0. The standard InChI is InChI=1S/C58H42N2O/c1-39-15-13-21-47(35-39)59(45-31-27-43(28-32-45)41-17-5-3-6-18-41)53-37-55-57(51-25-11-9-23-49(51)53)58-52-26-12-10-24-50(52)54(38-56(58)61-55)60(48-22-14-16-40(2)36-48)46-33-29-44(30-34-46)42-19-7-4-8-20-42/h3-38H,1-2H3. The van der Waals surface area contributed by atoms with E-state index in [1.807, 2.05) is 0 Å². The van der Waals surface area contributed by atoms with Gasteiger partial charge in [0.15, 0.2) is 0 Å². The second kappa shape index (κ2) is 15.1. The molecule has 0 saturated carbocycles. The van der Waals surface area contributed by atoms with Crippen molar-refractivity contribution >= 4 is 77.6 Å². The van der Waals surface area contributed by atoms with Crippen LogP contribution in [0.15, 0.2) is 223 Å². The Morgan fingerprint density at radius 1 is 0.295 bits per heavy atom. The summed E-state index contributed by atoms with van der Waals surface area (Å²) in [7, 11) is 0. The molecule has 290 valence electrons. The van der Waals surface area contributed by atoms with Crippen molar-refractivity contribution in [1.82, 2.24) is 0 Å². The summed E-state index contributed by atoms with van der Waals surface area (Å²) in [5, 5.41) is 6.85. The highest BCUT2D eigenvalue weighted by atomic mass is 16.3. The Hall–Kier alpha value is -7.88. The van der Waals surface area contributed by atoms with Crippen LogP contribution < -0.4 is 9.80 Å². The van der Waals surface area contributed by atoms with Crippen molar-refractivity contribution in [2.24, 2.45) is 0 Å². The Kier molecular flexibility index (Phi) is 8.94. The Labute approximate surface area is 356 Å². The summed E-state index contributed by atoms with van der Waals surface area (Å²) in [5.74, 6) is 0. The van der Waals surface area contributed by atoms with Crippen LogP contribution in [-0.4, -0.2) is 0 Å². The van der Waals surface area contributed by atoms with Crippen molar-refractivity contribution < 1.29 is 4.42 Å². The first kappa shape index (κ1) is 36.2. The topological polar surface area (TPSA) is 19.6 Å². The fourth-order valence-electron chi connectivity index (χ4n) is 9.08. The van der Waals surface area contributed by atoms with E-state index in [-0.39, 0.29) is 0 Å². The molecule has 0 amide bonds. The van der Waals surface area contributed by atoms with Gasteiger partial charge in [-0.05, 0) is 107 Å². The van der Waals surface area contributed by atoms with Crippen LogP contribution in [0.25, 0.3) is 65.7 Å². The second-order valence-corrected chi connectivity index (χ2v) is 15.9. The minimum Gasteiger partial charge on any atom is -0.456 e. The van der Waals surface area contributed by atoms with Crippen LogP contribution in [0.5, 0.6) is 0 Å². The summed E-state index contributed by atoms with van der Waals surface area (Å²) >= 11 is 0. The average Bonchev–Trinajstić information content (AvgIpc) is 3.69. The van der Waals surface area contributed by atoms with Crippen molar-refractivity contribution in [2.45, 2.75) is 13.8 Å². The van der Waals surface area contributed by atoms with Gasteiger partial charge in [0, 0.05) is 56.4 Å². The van der Waals surface area contributed by atoms with Crippen molar-refractivity contribution in [3.63, 3.8) is 0 Å². The number of hydrogen-bond donors (Lipinski definition) is 0. The van der Waals surface area contributed by atoms with Crippen molar-refractivity contribution in [3.8, 4) is 22.3 Å². The molecule has 0 aliphatic rings. The van der Waals surface area contributed by atoms with Crippen molar-refractivity contribution in [3.05, 3.63) is 230 Å². The molecule has 0 radical (unpaired) electrons. The van der Waals surface area contributed by atoms with E-state index >= 15 is 0 Å². The molecule has 1 heterocycles. The zero-order valence-electron chi connectivity index (χ0n) is 34.1. The second-order valence-electron chi connectivity index (χ2n) is 15.9. The lowest BCUT2D eigenvalue weighted by molar-refractivity contribution is 0.669. The molecule has 1 aromatic heterocycles. The van der Waals surface area contributed by atoms with Crippen LogP contribution in [0.2, 0.25) is 0 Å². The molecule has 0 atom stereocenters. The molecule has 0 bridgehead atoms. The molecular weight excluding hydrogens is 741 g/mol. The predicted octanol–water partition coefficient (Wildman–Crippen LogP) is 16.8. The molecule has 61 heavy (non-hydrogen) atoms. The summed E-state index contributed by atoms with van der Waals surface area (Å²) < 4.78 is 7.14. The maximum atomic E-state index is 7.14. The number of hydrogen-bond acceptors (Lipinski definition) is 3. The molecule has 0 aliphatic heterocycles. The molecule has 0 unspecified atom stereocenters. The van der Waals surface area contributed by atoms with Gasteiger partial charge in [-0.25, -0.2) is 0 Å². The van der Waals surface area contributed by atoms with Gasteiger partial charge in [-0.15, -0.1) is 0 Å². The molecule has 3 nitrogen and oxygen atoms in total. The van der Waals surface area contributed by atoms with Gasteiger partial charge in [0.25, 0.3) is 0 Å². The van der Waals surface area contributed by atoms with Crippen LogP contribution in [-0.2, 0) is 0 Å². The number of nitrogens with zero attached hydrogens (tertiary/aromatic N) is 2. The average molecular weight is 783 g/mol. The lowest BCUT2D eigenvalue weighted by atomic mass is 9.96. The first-order valence-electron chi connectivity index (χ1n) is 20.9. The van der Waals surface area contributed by atoms with E-state index in [1.165, 1.54) is 33.4 Å². The molecule has 11 rings (SSSR count). The van der Waals surface area contributed by atoms with E-state index in [1.54, 1.807) is 0 Å². The maximum absolute atomic E-state index is 7.14. The van der Waals surface area contributed by atoms with Gasteiger partial charge >= 0.3 is 0 Å². The number of furan rings is 1. The van der Waals surface area contributed by atoms with Gasteiger partial charge in [0.1, 0.15) is 11.2 Å². The van der Waals surface area contributed by atoms with Gasteiger partial charge in [0.2, 0.25) is 0 Å². The first-order chi connectivity index (χ1) is 30.1. The highest BCUT2D eigenvalue weighted by molar-refractivity contribution is 6.30. The molecule has 0 saturated heterocycles. The monoisotopic (exact) mass is 782 g/mol. The minimum atomic E-state index is 0.846. The highest BCUT2D eigenvalue weighted by Crippen LogP contribution is 2.49. The van der Waals surface area contributed by atoms with E-state index in [0.717, 1.165) is 77.6 Å². The Bertz CT molecular complexity index is 3140. The number of aryl methyl sites for hydroxylation is 2. The van der Waals surface area contributed by atoms with Gasteiger partial charge in [0.05, 0.1) is 11.4 Å². The van der Waals surface area contributed by atoms with Crippen LogP contribution in [0.3, 0.4) is 0 Å². The SMILES string of the molecule is Cc1cccc(N(c2ccc(-c3ccccc3)cc2)c2cc3oc4cc(N(c5ccc(-c6ccccc6)cc5)c5cccc(C)c5)c5ccccc5c4c3c3ccccc23)c1. The molecule has 3 heteroatoms. The third-order valence-corrected chi connectivity index (χ3v) is 11.9. The third kappa shape index (κ3) is 6.48. The molecule has 0 N–H and O–H groups in total. The zero-order valence-corrected chi connectivity index (χ0v) is 34.1. The van der Waals surface area contributed by atoms with Crippen molar-refractivity contribution in [2.75, 3.05) is 9.80 Å². The first-order valence-corrected chi connectivity index (χ1v) is 20.9. The van der Waals surface area contributed by atoms with Crippen LogP contribution in [0, 0.1) is 13.8 Å². The number of fused-ring (bicyclic) bond motifs is 7. The molecule has 0 aliphatic carbocycles. The Morgan fingerprint density at radius 2 is 0.656 bits per heavy atom. The van der Waals surface area contributed by atoms with Gasteiger partial charge < -0.3 is 14.2 Å². The summed E-state index contributed by atoms with van der Waals surface area (Å²) in [4.78, 5) is 4.75. The molecular formula is C58H42N2O. The molecule has 10 aromatic carbocycles. The van der Waals surface area contributed by atoms with E-state index in [4.69, 9.17) is 4.42 Å². The van der Waals surface area contributed by atoms with E-state index in [0.29, 0.717) is 0 Å². The third-order valence-electron chi connectivity index (χ3n) is 11.9. The maximum Gasteiger partial charge on any atom is 0.138 e. The number of benzene rings is 10. The summed E-state index contributed by atoms with van der Waals surface area (Å²) in [6.45, 7) is 4.31. The molecule has 0 fully saturated rings. The van der Waals surface area contributed by atoms with Crippen molar-refractivity contribution in [1.29, 1.82) is 0 Å². The van der Waals surface area contributed by atoms with E-state index in [2.05, 4.69) is 242 Å². The summed E-state index contributed by atoms with van der Waals surface area (Å²) in [5.41, 5.74) is 15.3. The Morgan fingerprint density at radius 3 is 1.05 bits per heavy atom. The quantitative estimate of drug-likeness (QED) is 0.153. The largest absolute Gasteiger partial charge is 0.456 e. The van der Waals surface area contributed by atoms with Crippen LogP contribution in [0.4, 0.5) is 34.1 Å². The van der Waals surface area contributed by atoms with Crippen LogP contribution >= 0.6 is 0 Å². The zero-order chi connectivity index (χ0) is 40.9. The fourth-order valence-corrected chi connectivity index (χ4v) is 9.08. The van der Waals surface area contributed by atoms with Gasteiger partial charge in [-0.2, -0.15) is 0 Å². The molecule has 0 spiro atoms. The highest BCUT2D eigenvalue weighted by Gasteiger charge is 2.24. The van der Waals surface area contributed by atoms with Gasteiger partial charge in [-0.3, -0.25) is 0 Å². The van der Waals surface area contributed by atoms with E-state index in [9.17, 15) is 0 Å². The Balaban J connectivity index is 1.14. The predicted molar refractivity (Wildman–Crippen MR) is 258 cm³/mol. The normalized spacial score (nSPS) is 11.4. The minimum absolute atomic E-state index is 0.846. The smallest absolute Gasteiger partial charge is 0.138 e. The summed E-state index contributed by atoms with van der Waals surface area (Å²) in [6, 6.07) is 78.5.